The lowest BCUT2D eigenvalue weighted by Gasteiger charge is -2.19. The maximum atomic E-state index is 13.6. The number of carbonyl (C=O) groups excluding carboxylic acids is 1. The van der Waals surface area contributed by atoms with Crippen molar-refractivity contribution < 1.29 is 13.4 Å². The van der Waals surface area contributed by atoms with Crippen LogP contribution in [0.2, 0.25) is 0 Å². The number of benzene rings is 1. The molecule has 1 N–H and O–H groups in total. The van der Waals surface area contributed by atoms with E-state index in [1.54, 1.807) is 0 Å². The van der Waals surface area contributed by atoms with Crippen molar-refractivity contribution in [2.24, 2.45) is 4.36 Å². The molecule has 4 nitrogen and oxygen atoms in total. The number of rotatable bonds is 3. The SMILES string of the molecule is CC(C)c1cc(F)cc(C(C)C)c1NC(=O)N=S=O. The Labute approximate surface area is 115 Å². The second-order valence-corrected chi connectivity index (χ2v) is 5.20. The molecule has 6 heteroatoms. The van der Waals surface area contributed by atoms with Crippen molar-refractivity contribution >= 4 is 23.2 Å². The van der Waals surface area contributed by atoms with Gasteiger partial charge in [0.2, 0.25) is 11.5 Å². The Balaban J connectivity index is 3.38. The van der Waals surface area contributed by atoms with Gasteiger partial charge in [-0.15, -0.1) is 0 Å². The van der Waals surface area contributed by atoms with Crippen molar-refractivity contribution in [3.05, 3.63) is 29.1 Å². The van der Waals surface area contributed by atoms with Gasteiger partial charge < -0.3 is 5.32 Å². The molecular formula is C13H17FN2O2S. The minimum absolute atomic E-state index is 0.0448. The number of nitrogens with one attached hydrogen (secondary N) is 1. The highest BCUT2D eigenvalue weighted by molar-refractivity contribution is 7.55. The number of nitrogens with zero attached hydrogens (tertiary/aromatic N) is 1. The predicted molar refractivity (Wildman–Crippen MR) is 74.2 cm³/mol. The molecule has 0 aliphatic rings. The zero-order valence-corrected chi connectivity index (χ0v) is 12.2. The third kappa shape index (κ3) is 3.96. The van der Waals surface area contributed by atoms with Crippen LogP contribution in [0.5, 0.6) is 0 Å². The fourth-order valence-electron chi connectivity index (χ4n) is 1.87. The molecule has 2 amide bonds. The standard InChI is InChI=1S/C13H17FN2O2S/c1-7(2)10-5-9(14)6-11(8(3)4)12(10)15-13(17)16-19-18/h5-8H,1-4H3,(H,15,17). The molecule has 0 fully saturated rings. The molecule has 0 saturated carbocycles. The molecule has 0 heterocycles. The number of halogens is 1. The highest BCUT2D eigenvalue weighted by Crippen LogP contribution is 2.33. The Hall–Kier alpha value is -1.56. The topological polar surface area (TPSA) is 58.5 Å². The molecule has 19 heavy (non-hydrogen) atoms. The normalized spacial score (nSPS) is 10.7. The van der Waals surface area contributed by atoms with Gasteiger partial charge in [-0.2, -0.15) is 4.21 Å². The molecule has 1 aromatic rings. The molecule has 0 aliphatic heterocycles. The van der Waals surface area contributed by atoms with Crippen molar-refractivity contribution in [2.45, 2.75) is 39.5 Å². The van der Waals surface area contributed by atoms with E-state index in [0.29, 0.717) is 16.8 Å². The molecule has 1 aromatic carbocycles. The Bertz CT molecular complexity index is 508. The number of hydrogen-bond acceptors (Lipinski definition) is 2. The average Bonchev–Trinajstić information content (AvgIpc) is 2.30. The summed E-state index contributed by atoms with van der Waals surface area (Å²) < 4.78 is 27.0. The zero-order valence-electron chi connectivity index (χ0n) is 11.4. The summed E-state index contributed by atoms with van der Waals surface area (Å²) in [6.07, 6.45) is 0. The molecule has 0 aromatic heterocycles. The highest BCUT2D eigenvalue weighted by Gasteiger charge is 2.17. The van der Waals surface area contributed by atoms with Crippen LogP contribution in [0.25, 0.3) is 0 Å². The molecule has 104 valence electrons. The average molecular weight is 284 g/mol. The van der Waals surface area contributed by atoms with E-state index in [1.165, 1.54) is 12.1 Å². The summed E-state index contributed by atoms with van der Waals surface area (Å²) in [5, 5.41) is 2.58. The van der Waals surface area contributed by atoms with Gasteiger partial charge in [0.1, 0.15) is 5.82 Å². The van der Waals surface area contributed by atoms with Crippen LogP contribution in [0.4, 0.5) is 14.9 Å². The van der Waals surface area contributed by atoms with Crippen molar-refractivity contribution in [1.82, 2.24) is 0 Å². The number of hydrogen-bond donors (Lipinski definition) is 1. The summed E-state index contributed by atoms with van der Waals surface area (Å²) in [4.78, 5) is 11.5. The van der Waals surface area contributed by atoms with Crippen LogP contribution in [0.3, 0.4) is 0 Å². The van der Waals surface area contributed by atoms with E-state index in [9.17, 15) is 13.4 Å². The molecule has 0 spiro atoms. The lowest BCUT2D eigenvalue weighted by molar-refractivity contribution is 0.260. The van der Waals surface area contributed by atoms with Crippen LogP contribution >= 0.6 is 0 Å². The van der Waals surface area contributed by atoms with Crippen molar-refractivity contribution in [2.75, 3.05) is 5.32 Å². The van der Waals surface area contributed by atoms with Gasteiger partial charge in [-0.3, -0.25) is 0 Å². The van der Waals surface area contributed by atoms with E-state index < -0.39 is 6.03 Å². The fourth-order valence-corrected chi connectivity index (χ4v) is 1.98. The first kappa shape index (κ1) is 15.5. The largest absolute Gasteiger partial charge is 0.358 e. The number of carbonyl (C=O) groups is 1. The van der Waals surface area contributed by atoms with Crippen LogP contribution in [0.15, 0.2) is 16.5 Å². The first-order chi connectivity index (χ1) is 8.86. The maximum absolute atomic E-state index is 13.6. The second-order valence-electron chi connectivity index (χ2n) is 4.86. The second kappa shape index (κ2) is 6.56. The van der Waals surface area contributed by atoms with Crippen molar-refractivity contribution in [3.63, 3.8) is 0 Å². The van der Waals surface area contributed by atoms with Gasteiger partial charge in [-0.25, -0.2) is 9.18 Å². The van der Waals surface area contributed by atoms with Gasteiger partial charge >= 0.3 is 6.03 Å². The van der Waals surface area contributed by atoms with Crippen LogP contribution < -0.4 is 5.32 Å². The summed E-state index contributed by atoms with van der Waals surface area (Å²) in [5.41, 5.74) is 1.94. The quantitative estimate of drug-likeness (QED) is 0.912. The van der Waals surface area contributed by atoms with Crippen LogP contribution in [0, 0.1) is 5.82 Å². The molecule has 0 aliphatic carbocycles. The minimum Gasteiger partial charge on any atom is -0.305 e. The Morgan fingerprint density at radius 3 is 2.05 bits per heavy atom. The van der Waals surface area contributed by atoms with E-state index in [1.807, 2.05) is 27.7 Å². The smallest absolute Gasteiger partial charge is 0.305 e. The highest BCUT2D eigenvalue weighted by atomic mass is 32.1. The Kier molecular flexibility index (Phi) is 5.35. The Morgan fingerprint density at radius 2 is 1.68 bits per heavy atom. The fraction of sp³-hybridized carbons (Fsp3) is 0.462. The van der Waals surface area contributed by atoms with E-state index in [0.717, 1.165) is 0 Å². The zero-order chi connectivity index (χ0) is 14.6. The lowest BCUT2D eigenvalue weighted by Crippen LogP contribution is -2.12. The van der Waals surface area contributed by atoms with Crippen LogP contribution in [0.1, 0.15) is 50.7 Å². The van der Waals surface area contributed by atoms with E-state index in [2.05, 4.69) is 9.68 Å². The number of anilines is 1. The molecular weight excluding hydrogens is 267 g/mol. The van der Waals surface area contributed by atoms with Gasteiger partial charge in [0, 0.05) is 5.69 Å². The van der Waals surface area contributed by atoms with Gasteiger partial charge in [0.05, 0.1) is 0 Å². The monoisotopic (exact) mass is 284 g/mol. The molecule has 0 atom stereocenters. The van der Waals surface area contributed by atoms with Crippen LogP contribution in [-0.2, 0) is 11.5 Å². The van der Waals surface area contributed by atoms with Gasteiger partial charge in [0.15, 0.2) is 0 Å². The molecule has 0 radical (unpaired) electrons. The minimum atomic E-state index is -0.726. The summed E-state index contributed by atoms with van der Waals surface area (Å²) >= 11 is -0.150. The lowest BCUT2D eigenvalue weighted by atomic mass is 9.92. The van der Waals surface area contributed by atoms with Gasteiger partial charge in [-0.05, 0) is 35.1 Å². The van der Waals surface area contributed by atoms with Gasteiger partial charge in [-0.1, -0.05) is 32.1 Å². The van der Waals surface area contributed by atoms with Crippen LogP contribution in [-0.4, -0.2) is 10.2 Å². The van der Waals surface area contributed by atoms with E-state index in [4.69, 9.17) is 0 Å². The van der Waals surface area contributed by atoms with Crippen molar-refractivity contribution in [3.8, 4) is 0 Å². The summed E-state index contributed by atoms with van der Waals surface area (Å²) in [5.74, 6) is -0.243. The number of amides is 2. The third-order valence-electron chi connectivity index (χ3n) is 2.76. The van der Waals surface area contributed by atoms with E-state index >= 15 is 0 Å². The first-order valence-electron chi connectivity index (χ1n) is 6.01. The van der Waals surface area contributed by atoms with Gasteiger partial charge in [0.25, 0.3) is 0 Å². The summed E-state index contributed by atoms with van der Waals surface area (Å²) in [6.45, 7) is 7.64. The summed E-state index contributed by atoms with van der Waals surface area (Å²) in [6, 6.07) is 2.07. The van der Waals surface area contributed by atoms with Crippen molar-refractivity contribution in [1.29, 1.82) is 0 Å². The number of urea groups is 1. The Morgan fingerprint density at radius 1 is 1.21 bits per heavy atom. The van der Waals surface area contributed by atoms with E-state index in [-0.39, 0.29) is 29.1 Å². The summed E-state index contributed by atoms with van der Waals surface area (Å²) in [7, 11) is 0. The first-order valence-corrected chi connectivity index (χ1v) is 6.71. The predicted octanol–water partition coefficient (Wildman–Crippen LogP) is 4.00. The molecule has 0 unspecified atom stereocenters. The molecule has 0 bridgehead atoms. The molecule has 0 saturated heterocycles. The molecule has 1 rings (SSSR count). The maximum Gasteiger partial charge on any atom is 0.358 e. The third-order valence-corrected chi connectivity index (χ3v) is 3.00.